The highest BCUT2D eigenvalue weighted by atomic mass is 16.3. The van der Waals surface area contributed by atoms with Crippen molar-refractivity contribution >= 4 is 23.5 Å². The summed E-state index contributed by atoms with van der Waals surface area (Å²) in [4.78, 5) is 39.1. The molecule has 46 heavy (non-hydrogen) atoms. The van der Waals surface area contributed by atoms with Crippen LogP contribution < -0.4 is 27.0 Å². The number of nitrogens with zero attached hydrogens (tertiary/aromatic N) is 1. The van der Waals surface area contributed by atoms with Crippen molar-refractivity contribution < 1.29 is 19.5 Å². The molecule has 0 radical (unpaired) electrons. The maximum Gasteiger partial charge on any atom is 0.312 e. The van der Waals surface area contributed by atoms with Gasteiger partial charge >= 0.3 is 6.03 Å². The lowest BCUT2D eigenvalue weighted by molar-refractivity contribution is -0.124. The Balaban J connectivity index is 1.41. The standard InChI is InChI=1S/C36H52N6O4/c1-24(2)33(40-30(27-9-7-10-27)11-5-4-6-22-42-25(3)13-20-32(42)44)35(45)41-31(12-8-21-38-36(37)46)34(28-16-17-28)39-29-18-14-26(23-43)15-19-29/h13-15,18-20,24,31,33,39-40,43H,3-12,16-17,21-23H2,1-2H3,(H,41,45)(H3,37,38,46)/t31?,33-/m0/s1. The molecule has 10 nitrogen and oxygen atoms in total. The van der Waals surface area contributed by atoms with Crippen molar-refractivity contribution in [2.75, 3.05) is 18.4 Å². The van der Waals surface area contributed by atoms with E-state index in [1.54, 1.807) is 17.1 Å². The Bertz CT molecular complexity index is 1320. The highest BCUT2D eigenvalue weighted by Gasteiger charge is 2.31. The molecule has 0 aromatic heterocycles. The molecule has 2 saturated carbocycles. The lowest BCUT2D eigenvalue weighted by atomic mass is 9.88. The minimum atomic E-state index is -0.559. The number of hydrogen-bond acceptors (Lipinski definition) is 6. The summed E-state index contributed by atoms with van der Waals surface area (Å²) in [5.74, 6) is 0.0195. The van der Waals surface area contributed by atoms with Crippen LogP contribution in [-0.2, 0) is 16.2 Å². The van der Waals surface area contributed by atoms with Gasteiger partial charge in [-0.25, -0.2) is 4.79 Å². The largest absolute Gasteiger partial charge is 0.392 e. The second kappa shape index (κ2) is 17.0. The number of carbonyl (C=O) groups is 3. The van der Waals surface area contributed by atoms with Gasteiger partial charge in [0, 0.05) is 41.9 Å². The van der Waals surface area contributed by atoms with Gasteiger partial charge in [-0.1, -0.05) is 44.6 Å². The van der Waals surface area contributed by atoms with Gasteiger partial charge in [0.25, 0.3) is 5.91 Å². The van der Waals surface area contributed by atoms with E-state index >= 15 is 0 Å². The first-order valence-electron chi connectivity index (χ1n) is 16.8. The van der Waals surface area contributed by atoms with Crippen LogP contribution in [0.4, 0.5) is 10.5 Å². The third-order valence-electron chi connectivity index (χ3n) is 8.93. The molecule has 0 saturated heterocycles. The van der Waals surface area contributed by atoms with E-state index in [4.69, 9.17) is 5.73 Å². The first-order chi connectivity index (χ1) is 22.2. The lowest BCUT2D eigenvalue weighted by Gasteiger charge is -2.31. The zero-order chi connectivity index (χ0) is 33.1. The van der Waals surface area contributed by atoms with Crippen molar-refractivity contribution in [2.24, 2.45) is 11.7 Å². The van der Waals surface area contributed by atoms with Crippen molar-refractivity contribution in [2.45, 2.75) is 103 Å². The number of nitrogens with one attached hydrogen (secondary N) is 4. The molecule has 0 spiro atoms. The van der Waals surface area contributed by atoms with Gasteiger partial charge in [0.1, 0.15) is 6.04 Å². The van der Waals surface area contributed by atoms with Gasteiger partial charge in [-0.15, -0.1) is 0 Å². The van der Waals surface area contributed by atoms with Crippen molar-refractivity contribution in [3.63, 3.8) is 0 Å². The fraction of sp³-hybridized carbons (Fsp3) is 0.528. The Morgan fingerprint density at radius 1 is 0.978 bits per heavy atom. The van der Waals surface area contributed by atoms with Crippen LogP contribution in [-0.4, -0.2) is 53.0 Å². The molecule has 2 atom stereocenters. The molecule has 1 unspecified atom stereocenters. The number of nitrogens with two attached hydrogens (primary N) is 1. The van der Waals surface area contributed by atoms with Gasteiger partial charge in [0.2, 0.25) is 5.91 Å². The number of aliphatic hydroxyl groups is 1. The van der Waals surface area contributed by atoms with Crippen LogP contribution in [0.5, 0.6) is 0 Å². The van der Waals surface area contributed by atoms with E-state index < -0.39 is 12.1 Å². The second-order valence-corrected chi connectivity index (χ2v) is 12.9. The molecule has 3 aliphatic rings. The number of hydrogen-bond donors (Lipinski definition) is 6. The van der Waals surface area contributed by atoms with Crippen LogP contribution in [0.1, 0.15) is 90.0 Å². The van der Waals surface area contributed by atoms with Gasteiger partial charge in [-0.3, -0.25) is 9.59 Å². The number of anilines is 1. The quantitative estimate of drug-likeness (QED) is 0.117. The highest BCUT2D eigenvalue weighted by molar-refractivity contribution is 5.93. The number of unbranched alkanes of at least 4 members (excludes halogenated alkanes) is 2. The number of rotatable bonds is 19. The third-order valence-corrected chi connectivity index (χ3v) is 8.93. The third kappa shape index (κ3) is 10.2. The number of urea groups is 1. The smallest absolute Gasteiger partial charge is 0.312 e. The summed E-state index contributed by atoms with van der Waals surface area (Å²) >= 11 is 0. The van der Waals surface area contributed by atoms with Gasteiger partial charge < -0.3 is 37.0 Å². The number of benzene rings is 1. The van der Waals surface area contributed by atoms with Gasteiger partial charge in [0.05, 0.1) is 12.6 Å². The van der Waals surface area contributed by atoms with Crippen LogP contribution in [0.3, 0.4) is 0 Å². The van der Waals surface area contributed by atoms with Crippen LogP contribution in [0.15, 0.2) is 71.2 Å². The molecule has 0 bridgehead atoms. The fourth-order valence-corrected chi connectivity index (χ4v) is 5.89. The molecule has 4 rings (SSSR count). The van der Waals surface area contributed by atoms with E-state index in [0.29, 0.717) is 25.9 Å². The van der Waals surface area contributed by atoms with Crippen molar-refractivity contribution in [1.29, 1.82) is 0 Å². The van der Waals surface area contributed by atoms with Crippen molar-refractivity contribution in [1.82, 2.24) is 20.9 Å². The van der Waals surface area contributed by atoms with E-state index in [9.17, 15) is 19.5 Å². The maximum atomic E-state index is 14.1. The summed E-state index contributed by atoms with van der Waals surface area (Å²) in [6, 6.07) is 6.42. The van der Waals surface area contributed by atoms with Gasteiger partial charge in [0.15, 0.2) is 0 Å². The summed E-state index contributed by atoms with van der Waals surface area (Å²) in [7, 11) is 0. The van der Waals surface area contributed by atoms with Crippen LogP contribution in [0, 0.1) is 5.92 Å². The maximum absolute atomic E-state index is 14.1. The molecule has 1 aromatic rings. The Morgan fingerprint density at radius 2 is 1.72 bits per heavy atom. The van der Waals surface area contributed by atoms with Gasteiger partial charge in [-0.2, -0.15) is 0 Å². The highest BCUT2D eigenvalue weighted by Crippen LogP contribution is 2.35. The molecule has 1 aliphatic heterocycles. The van der Waals surface area contributed by atoms with E-state index in [-0.39, 0.29) is 30.4 Å². The Morgan fingerprint density at radius 3 is 2.28 bits per heavy atom. The number of aliphatic hydroxyl groups excluding tert-OH is 1. The number of allylic oxidation sites excluding steroid dienone is 4. The monoisotopic (exact) mass is 632 g/mol. The van der Waals surface area contributed by atoms with Crippen molar-refractivity contribution in [3.8, 4) is 0 Å². The Hall–Kier alpha value is -4.05. The zero-order valence-electron chi connectivity index (χ0n) is 27.5. The first-order valence-corrected chi connectivity index (χ1v) is 16.8. The summed E-state index contributed by atoms with van der Waals surface area (Å²) in [5.41, 5.74) is 12.7. The normalized spacial score (nSPS) is 16.7. The SMILES string of the molecule is C=C1C=CC(=O)N1CCCCCC(N[C@H](C(=O)NC(CCCNC(N)=O)C(Nc1ccc(CO)cc1)=C1CC1)C(C)C)=C1CCC1. The summed E-state index contributed by atoms with van der Waals surface area (Å²) < 4.78 is 0. The molecule has 7 N–H and O–H groups in total. The predicted octanol–water partition coefficient (Wildman–Crippen LogP) is 5.10. The number of carbonyl (C=O) groups excluding carboxylic acids is 3. The number of primary amides is 1. The predicted molar refractivity (Wildman–Crippen MR) is 182 cm³/mol. The van der Waals surface area contributed by atoms with E-state index in [0.717, 1.165) is 74.0 Å². The zero-order valence-corrected chi connectivity index (χ0v) is 27.5. The lowest BCUT2D eigenvalue weighted by Crippen LogP contribution is -2.51. The molecule has 1 heterocycles. The summed E-state index contributed by atoms with van der Waals surface area (Å²) in [6.45, 7) is 9.17. The molecule has 2 fully saturated rings. The van der Waals surface area contributed by atoms with E-state index in [1.165, 1.54) is 23.3 Å². The average Bonchev–Trinajstić information content (AvgIpc) is 3.79. The summed E-state index contributed by atoms with van der Waals surface area (Å²) in [6.07, 6.45) is 13.6. The van der Waals surface area contributed by atoms with Crippen LogP contribution in [0.25, 0.3) is 0 Å². The second-order valence-electron chi connectivity index (χ2n) is 12.9. The molecule has 250 valence electrons. The topological polar surface area (TPSA) is 149 Å². The molecular formula is C36H52N6O4. The van der Waals surface area contributed by atoms with Crippen LogP contribution in [0.2, 0.25) is 0 Å². The minimum Gasteiger partial charge on any atom is -0.392 e. The molecule has 4 amide bonds. The van der Waals surface area contributed by atoms with Crippen LogP contribution >= 0.6 is 0 Å². The summed E-state index contributed by atoms with van der Waals surface area (Å²) in [5, 5.41) is 22.7. The first kappa shape index (κ1) is 34.8. The fourth-order valence-electron chi connectivity index (χ4n) is 5.89. The molecule has 1 aromatic carbocycles. The van der Waals surface area contributed by atoms with Crippen molar-refractivity contribution in [3.05, 3.63) is 76.8 Å². The Labute approximate surface area is 273 Å². The van der Waals surface area contributed by atoms with E-state index in [1.807, 2.05) is 24.3 Å². The van der Waals surface area contributed by atoms with E-state index in [2.05, 4.69) is 41.7 Å². The molecule has 10 heteroatoms. The molecule has 2 aliphatic carbocycles. The minimum absolute atomic E-state index is 0.00690. The molecular weight excluding hydrogens is 580 g/mol. The Kier molecular flexibility index (Phi) is 12.9. The average molecular weight is 633 g/mol. The number of amides is 4. The van der Waals surface area contributed by atoms with Gasteiger partial charge in [-0.05, 0) is 99.5 Å².